The molecule has 2 atom stereocenters. The summed E-state index contributed by atoms with van der Waals surface area (Å²) in [6, 6.07) is 28.1. The predicted octanol–water partition coefficient (Wildman–Crippen LogP) is 6.38. The zero-order valence-corrected chi connectivity index (χ0v) is 23.1. The molecule has 3 aromatic carbocycles. The maximum Gasteiger partial charge on any atom is 0.245 e. The van der Waals surface area contributed by atoms with Crippen LogP contribution < -0.4 is 5.32 Å². The van der Waals surface area contributed by atoms with Crippen molar-refractivity contribution in [3.05, 3.63) is 102 Å². The van der Waals surface area contributed by atoms with Gasteiger partial charge in [-0.2, -0.15) is 5.10 Å². The highest BCUT2D eigenvalue weighted by Crippen LogP contribution is 2.48. The molecular weight excluding hydrogens is 484 g/mol. The minimum Gasteiger partial charge on any atom is -0.333 e. The van der Waals surface area contributed by atoms with E-state index in [0.29, 0.717) is 12.4 Å². The van der Waals surface area contributed by atoms with Gasteiger partial charge in [-0.05, 0) is 54.9 Å². The number of nitrogens with one attached hydrogen (secondary N) is 1. The van der Waals surface area contributed by atoms with Crippen LogP contribution in [0.2, 0.25) is 0 Å². The van der Waals surface area contributed by atoms with E-state index in [1.807, 2.05) is 91.3 Å². The maximum absolute atomic E-state index is 13.6. The van der Waals surface area contributed by atoms with E-state index in [0.717, 1.165) is 34.5 Å². The molecule has 1 saturated carbocycles. The van der Waals surface area contributed by atoms with Crippen LogP contribution in [-0.2, 0) is 9.59 Å². The Morgan fingerprint density at radius 2 is 1.59 bits per heavy atom. The van der Waals surface area contributed by atoms with E-state index < -0.39 is 0 Å². The third kappa shape index (κ3) is 5.80. The average molecular weight is 521 g/mol. The molecule has 2 amide bonds. The van der Waals surface area contributed by atoms with Crippen molar-refractivity contribution in [2.75, 3.05) is 18.4 Å². The second-order valence-corrected chi connectivity index (χ2v) is 10.9. The Labute approximate surface area is 230 Å². The van der Waals surface area contributed by atoms with Gasteiger partial charge in [0.2, 0.25) is 11.8 Å². The van der Waals surface area contributed by atoms with Crippen molar-refractivity contribution in [1.29, 1.82) is 0 Å². The highest BCUT2D eigenvalue weighted by Gasteiger charge is 2.46. The molecule has 1 fully saturated rings. The fourth-order valence-corrected chi connectivity index (χ4v) is 5.36. The molecule has 0 bridgehead atoms. The van der Waals surface area contributed by atoms with E-state index in [2.05, 4.69) is 31.3 Å². The zero-order valence-electron chi connectivity index (χ0n) is 23.1. The number of carbonyl (C=O) groups excluding carboxylic acids is 2. The summed E-state index contributed by atoms with van der Waals surface area (Å²) in [4.78, 5) is 28.9. The van der Waals surface area contributed by atoms with E-state index in [-0.39, 0.29) is 36.1 Å². The summed E-state index contributed by atoms with van der Waals surface area (Å²) in [7, 11) is 0. The van der Waals surface area contributed by atoms with E-state index in [1.165, 1.54) is 5.56 Å². The third-order valence-electron chi connectivity index (χ3n) is 7.29. The SMILES string of the molecule is Cc1ccccc1-n1nc(C)c(-c2ccccc2)c1NC(=O)CN(CC(C)C)C(=O)C1CC1c1ccccc1. The van der Waals surface area contributed by atoms with Crippen LogP contribution >= 0.6 is 0 Å². The first-order valence-electron chi connectivity index (χ1n) is 13.7. The first kappa shape index (κ1) is 26.4. The Kier molecular flexibility index (Phi) is 7.64. The number of nitrogens with zero attached hydrogens (tertiary/aromatic N) is 3. The number of hydrogen-bond acceptors (Lipinski definition) is 3. The highest BCUT2D eigenvalue weighted by molar-refractivity contribution is 5.98. The standard InChI is InChI=1S/C33H36N4O2/c1-22(2)20-36(33(39)28-19-27(28)25-14-7-5-8-15-25)21-30(38)34-32-31(26-16-9-6-10-17-26)24(4)35-37(32)29-18-12-11-13-23(29)3/h5-18,22,27-28H,19-21H2,1-4H3,(H,34,38). The lowest BCUT2D eigenvalue weighted by Gasteiger charge is -2.25. The van der Waals surface area contributed by atoms with Crippen LogP contribution in [0, 0.1) is 25.7 Å². The minimum atomic E-state index is -0.229. The van der Waals surface area contributed by atoms with Crippen molar-refractivity contribution in [1.82, 2.24) is 14.7 Å². The topological polar surface area (TPSA) is 67.2 Å². The number of amides is 2. The number of aromatic nitrogens is 2. The summed E-state index contributed by atoms with van der Waals surface area (Å²) in [5.41, 5.74) is 5.81. The smallest absolute Gasteiger partial charge is 0.245 e. The molecule has 39 heavy (non-hydrogen) atoms. The van der Waals surface area contributed by atoms with Gasteiger partial charge in [0.15, 0.2) is 0 Å². The first-order chi connectivity index (χ1) is 18.8. The number of benzene rings is 3. The Bertz CT molecular complexity index is 1460. The van der Waals surface area contributed by atoms with E-state index in [9.17, 15) is 9.59 Å². The van der Waals surface area contributed by atoms with Gasteiger partial charge in [0, 0.05) is 18.0 Å². The van der Waals surface area contributed by atoms with Gasteiger partial charge in [0.25, 0.3) is 0 Å². The lowest BCUT2D eigenvalue weighted by molar-refractivity contribution is -0.136. The molecule has 6 heteroatoms. The molecule has 1 N–H and O–H groups in total. The summed E-state index contributed by atoms with van der Waals surface area (Å²) in [5.74, 6) is 0.844. The van der Waals surface area contributed by atoms with E-state index in [1.54, 1.807) is 4.90 Å². The quantitative estimate of drug-likeness (QED) is 0.278. The Morgan fingerprint density at radius 3 is 2.26 bits per heavy atom. The molecule has 0 aliphatic heterocycles. The lowest BCUT2D eigenvalue weighted by Crippen LogP contribution is -2.41. The van der Waals surface area contributed by atoms with Crippen molar-refractivity contribution < 1.29 is 9.59 Å². The number of anilines is 1. The Hall–Kier alpha value is -4.19. The second kappa shape index (κ2) is 11.3. The third-order valence-corrected chi connectivity index (χ3v) is 7.29. The fourth-order valence-electron chi connectivity index (χ4n) is 5.36. The number of para-hydroxylation sites is 1. The number of aryl methyl sites for hydroxylation is 2. The average Bonchev–Trinajstić information content (AvgIpc) is 3.67. The molecule has 200 valence electrons. The van der Waals surface area contributed by atoms with Gasteiger partial charge in [-0.15, -0.1) is 0 Å². The van der Waals surface area contributed by atoms with Crippen LogP contribution in [0.5, 0.6) is 0 Å². The first-order valence-corrected chi connectivity index (χ1v) is 13.7. The molecule has 1 aliphatic carbocycles. The summed E-state index contributed by atoms with van der Waals surface area (Å²) in [6.07, 6.45) is 0.830. The van der Waals surface area contributed by atoms with Crippen molar-refractivity contribution in [2.24, 2.45) is 11.8 Å². The van der Waals surface area contributed by atoms with Gasteiger partial charge in [0.1, 0.15) is 5.82 Å². The Morgan fingerprint density at radius 1 is 0.949 bits per heavy atom. The van der Waals surface area contributed by atoms with Crippen LogP contribution in [0.4, 0.5) is 5.82 Å². The van der Waals surface area contributed by atoms with Gasteiger partial charge in [-0.3, -0.25) is 9.59 Å². The van der Waals surface area contributed by atoms with Crippen molar-refractivity contribution in [3.8, 4) is 16.8 Å². The van der Waals surface area contributed by atoms with Crippen molar-refractivity contribution in [3.63, 3.8) is 0 Å². The molecule has 6 nitrogen and oxygen atoms in total. The zero-order chi connectivity index (χ0) is 27.5. The molecule has 4 aromatic rings. The molecule has 0 radical (unpaired) electrons. The van der Waals surface area contributed by atoms with Crippen molar-refractivity contribution >= 4 is 17.6 Å². The van der Waals surface area contributed by atoms with Gasteiger partial charge < -0.3 is 10.2 Å². The van der Waals surface area contributed by atoms with Gasteiger partial charge in [-0.25, -0.2) is 4.68 Å². The summed E-state index contributed by atoms with van der Waals surface area (Å²) in [5, 5.41) is 7.99. The summed E-state index contributed by atoms with van der Waals surface area (Å²) >= 11 is 0. The molecule has 0 saturated heterocycles. The maximum atomic E-state index is 13.6. The minimum absolute atomic E-state index is 0.00124. The number of hydrogen-bond donors (Lipinski definition) is 1. The molecule has 2 unspecified atom stereocenters. The van der Waals surface area contributed by atoms with Gasteiger partial charge in [-0.1, -0.05) is 92.7 Å². The summed E-state index contributed by atoms with van der Waals surface area (Å²) < 4.78 is 1.81. The fraction of sp³-hybridized carbons (Fsp3) is 0.303. The molecule has 1 aliphatic rings. The van der Waals surface area contributed by atoms with Crippen LogP contribution in [0.25, 0.3) is 16.8 Å². The molecule has 5 rings (SSSR count). The molecular formula is C33H36N4O2. The number of carbonyl (C=O) groups is 2. The lowest BCUT2D eigenvalue weighted by atomic mass is 10.1. The predicted molar refractivity (Wildman–Crippen MR) is 156 cm³/mol. The van der Waals surface area contributed by atoms with Gasteiger partial charge >= 0.3 is 0 Å². The van der Waals surface area contributed by atoms with Crippen LogP contribution in [0.3, 0.4) is 0 Å². The van der Waals surface area contributed by atoms with Crippen LogP contribution in [0.1, 0.15) is 43.0 Å². The summed E-state index contributed by atoms with van der Waals surface area (Å²) in [6.45, 7) is 8.67. The normalized spacial score (nSPS) is 16.2. The highest BCUT2D eigenvalue weighted by atomic mass is 16.2. The van der Waals surface area contributed by atoms with E-state index >= 15 is 0 Å². The molecule has 1 aromatic heterocycles. The molecule has 0 spiro atoms. The van der Waals surface area contributed by atoms with Crippen LogP contribution in [0.15, 0.2) is 84.9 Å². The van der Waals surface area contributed by atoms with E-state index in [4.69, 9.17) is 5.10 Å². The van der Waals surface area contributed by atoms with Crippen LogP contribution in [-0.4, -0.2) is 39.6 Å². The largest absolute Gasteiger partial charge is 0.333 e. The number of rotatable bonds is 9. The van der Waals surface area contributed by atoms with Crippen molar-refractivity contribution in [2.45, 2.75) is 40.0 Å². The Balaban J connectivity index is 1.42. The molecule has 1 heterocycles. The second-order valence-electron chi connectivity index (χ2n) is 10.9. The monoisotopic (exact) mass is 520 g/mol. The van der Waals surface area contributed by atoms with Gasteiger partial charge in [0.05, 0.1) is 17.9 Å².